The van der Waals surface area contributed by atoms with E-state index in [4.69, 9.17) is 14.2 Å². The molecule has 152 valence electrons. The lowest BCUT2D eigenvalue weighted by Gasteiger charge is -2.13. The maximum atomic E-state index is 11.7. The van der Waals surface area contributed by atoms with Crippen LogP contribution in [0.4, 0.5) is 0 Å². The van der Waals surface area contributed by atoms with Crippen molar-refractivity contribution in [1.29, 1.82) is 0 Å². The Hall–Kier alpha value is -3.53. The molecule has 30 heavy (non-hydrogen) atoms. The number of phosphoric ester groups is 1. The fraction of sp³-hybridized carbons (Fsp3) is 0. The van der Waals surface area contributed by atoms with E-state index in [1.54, 1.807) is 72.8 Å². The lowest BCUT2D eigenvalue weighted by molar-refractivity contribution is 0.291. The summed E-state index contributed by atoms with van der Waals surface area (Å²) in [6, 6.07) is 34.0. The number of hydrogen-bond donors (Lipinski definition) is 2. The van der Waals surface area contributed by atoms with Gasteiger partial charge >= 0.3 is 7.82 Å². The maximum absolute atomic E-state index is 11.7. The van der Waals surface area contributed by atoms with Crippen molar-refractivity contribution in [3.05, 3.63) is 115 Å². The lowest BCUT2D eigenvalue weighted by Crippen LogP contribution is -1.99. The van der Waals surface area contributed by atoms with Gasteiger partial charge in [0.1, 0.15) is 17.2 Å². The number of benzene rings is 4. The molecule has 0 radical (unpaired) electrons. The van der Waals surface area contributed by atoms with E-state index in [9.17, 15) is 9.46 Å². The second kappa shape index (κ2) is 10.3. The molecule has 6 heteroatoms. The predicted octanol–water partition coefficient (Wildman–Crippen LogP) is 6.30. The molecule has 4 aromatic rings. The van der Waals surface area contributed by atoms with Crippen molar-refractivity contribution < 1.29 is 23.6 Å². The largest absolute Gasteiger partial charge is 0.584 e. The van der Waals surface area contributed by atoms with Crippen molar-refractivity contribution in [1.82, 2.24) is 0 Å². The normalized spacial score (nSPS) is 10.4. The van der Waals surface area contributed by atoms with Gasteiger partial charge in [0.2, 0.25) is 0 Å². The topological polar surface area (TPSA) is 76.0 Å². The van der Waals surface area contributed by atoms with Gasteiger partial charge in [-0.1, -0.05) is 78.9 Å². The Bertz CT molecular complexity index is 1020. The van der Waals surface area contributed by atoms with Gasteiger partial charge in [-0.15, -0.1) is 0 Å². The highest BCUT2D eigenvalue weighted by molar-refractivity contribution is 7.48. The summed E-state index contributed by atoms with van der Waals surface area (Å²) in [6.45, 7) is 0. The summed E-state index contributed by atoms with van der Waals surface area (Å²) in [5, 5.41) is 9.10. The predicted molar refractivity (Wildman–Crippen MR) is 118 cm³/mol. The first-order valence-corrected chi connectivity index (χ1v) is 10.7. The number of phosphoric acid groups is 1. The van der Waals surface area contributed by atoms with Crippen LogP contribution in [0.1, 0.15) is 0 Å². The van der Waals surface area contributed by atoms with E-state index < -0.39 is 7.82 Å². The Kier molecular flexibility index (Phi) is 7.28. The minimum absolute atomic E-state index is 0.286. The van der Waals surface area contributed by atoms with E-state index in [1.807, 2.05) is 42.5 Å². The van der Waals surface area contributed by atoms with Gasteiger partial charge in [-0.3, -0.25) is 4.89 Å². The zero-order valence-corrected chi connectivity index (χ0v) is 16.9. The summed E-state index contributed by atoms with van der Waals surface area (Å²) < 4.78 is 21.5. The molecule has 4 rings (SSSR count). The molecule has 0 unspecified atom stereocenters. The SMILES string of the molecule is O=P(O)(Oc1ccccc1)Oc1ccccc1.Oc1ccc(-c2ccccc2)cc1. The van der Waals surface area contributed by atoms with Gasteiger partial charge in [0.05, 0.1) is 0 Å². The fourth-order valence-corrected chi connectivity index (χ4v) is 3.35. The molecule has 0 heterocycles. The summed E-state index contributed by atoms with van der Waals surface area (Å²) in [6.07, 6.45) is 0. The highest BCUT2D eigenvalue weighted by Gasteiger charge is 2.24. The molecule has 0 aliphatic heterocycles. The van der Waals surface area contributed by atoms with Crippen molar-refractivity contribution in [2.75, 3.05) is 0 Å². The number of hydrogen-bond acceptors (Lipinski definition) is 4. The van der Waals surface area contributed by atoms with Gasteiger partial charge in [-0.05, 0) is 47.5 Å². The van der Waals surface area contributed by atoms with Crippen molar-refractivity contribution in [3.8, 4) is 28.4 Å². The molecule has 0 saturated carbocycles. The van der Waals surface area contributed by atoms with E-state index in [0.29, 0.717) is 5.75 Å². The van der Waals surface area contributed by atoms with Crippen LogP contribution < -0.4 is 9.05 Å². The standard InChI is InChI=1S/C12H11O4P.C12H10O/c13-17(14,15-11-7-3-1-4-8-11)16-12-9-5-2-6-10-12;13-12-8-6-11(7-9-12)10-4-2-1-3-5-10/h1-10H,(H,13,14);1-9,13H. The van der Waals surface area contributed by atoms with Crippen molar-refractivity contribution in [3.63, 3.8) is 0 Å². The number of phenols is 1. The van der Waals surface area contributed by atoms with Gasteiger partial charge in [0, 0.05) is 0 Å². The third-order valence-electron chi connectivity index (χ3n) is 3.90. The highest BCUT2D eigenvalue weighted by Crippen LogP contribution is 2.44. The van der Waals surface area contributed by atoms with Crippen LogP contribution in [-0.2, 0) is 4.57 Å². The lowest BCUT2D eigenvalue weighted by atomic mass is 10.1. The molecule has 0 amide bonds. The first-order chi connectivity index (χ1) is 14.5. The van der Waals surface area contributed by atoms with Crippen LogP contribution >= 0.6 is 7.82 Å². The van der Waals surface area contributed by atoms with Crippen LogP contribution in [-0.4, -0.2) is 10.00 Å². The Balaban J connectivity index is 0.000000177. The van der Waals surface area contributed by atoms with Crippen LogP contribution in [0.5, 0.6) is 17.2 Å². The Morgan fingerprint density at radius 1 is 0.533 bits per heavy atom. The first kappa shape index (κ1) is 21.2. The minimum atomic E-state index is -4.14. The van der Waals surface area contributed by atoms with E-state index in [0.717, 1.165) is 5.56 Å². The molecular weight excluding hydrogens is 399 g/mol. The second-order valence-electron chi connectivity index (χ2n) is 6.19. The van der Waals surface area contributed by atoms with Crippen LogP contribution in [0.2, 0.25) is 0 Å². The van der Waals surface area contributed by atoms with Gasteiger partial charge in [-0.25, -0.2) is 4.57 Å². The molecule has 0 saturated heterocycles. The van der Waals surface area contributed by atoms with E-state index in [2.05, 4.69) is 0 Å². The zero-order valence-electron chi connectivity index (χ0n) is 16.0. The smallest absolute Gasteiger partial charge is 0.508 e. The molecule has 0 fully saturated rings. The van der Waals surface area contributed by atoms with Crippen molar-refractivity contribution >= 4 is 7.82 Å². The summed E-state index contributed by atoms with van der Waals surface area (Å²) in [5.41, 5.74) is 2.29. The summed E-state index contributed by atoms with van der Waals surface area (Å²) in [5.74, 6) is 0.878. The zero-order chi connectivity index (χ0) is 21.2. The third-order valence-corrected chi connectivity index (χ3v) is 4.79. The van der Waals surface area contributed by atoms with Crippen molar-refractivity contribution in [2.45, 2.75) is 0 Å². The highest BCUT2D eigenvalue weighted by atomic mass is 31.2. The fourth-order valence-electron chi connectivity index (χ4n) is 2.53. The average molecular weight is 420 g/mol. The second-order valence-corrected chi connectivity index (χ2v) is 7.49. The van der Waals surface area contributed by atoms with E-state index in [-0.39, 0.29) is 11.5 Å². The Morgan fingerprint density at radius 2 is 0.900 bits per heavy atom. The van der Waals surface area contributed by atoms with Gasteiger partial charge in [0.25, 0.3) is 0 Å². The maximum Gasteiger partial charge on any atom is 0.584 e. The van der Waals surface area contributed by atoms with Gasteiger partial charge in [-0.2, -0.15) is 0 Å². The first-order valence-electron chi connectivity index (χ1n) is 9.18. The monoisotopic (exact) mass is 420 g/mol. The molecule has 0 aromatic heterocycles. The Morgan fingerprint density at radius 3 is 1.33 bits per heavy atom. The Labute approximate surface area is 175 Å². The number of phenolic OH excluding ortho intramolecular Hbond substituents is 1. The van der Waals surface area contributed by atoms with Crippen LogP contribution in [0.3, 0.4) is 0 Å². The third kappa shape index (κ3) is 6.82. The number of para-hydroxylation sites is 2. The molecule has 4 aromatic carbocycles. The van der Waals surface area contributed by atoms with E-state index >= 15 is 0 Å². The molecule has 0 aliphatic rings. The van der Waals surface area contributed by atoms with Crippen LogP contribution in [0.15, 0.2) is 115 Å². The molecule has 0 aliphatic carbocycles. The van der Waals surface area contributed by atoms with Crippen LogP contribution in [0.25, 0.3) is 11.1 Å². The van der Waals surface area contributed by atoms with Gasteiger partial charge in [0.15, 0.2) is 0 Å². The average Bonchev–Trinajstić information content (AvgIpc) is 2.76. The van der Waals surface area contributed by atoms with E-state index in [1.165, 1.54) is 5.56 Å². The molecular formula is C24H21O5P. The molecule has 5 nitrogen and oxygen atoms in total. The molecule has 2 N–H and O–H groups in total. The summed E-state index contributed by atoms with van der Waals surface area (Å²) in [7, 11) is -4.14. The van der Waals surface area contributed by atoms with Crippen LogP contribution in [0, 0.1) is 0 Å². The van der Waals surface area contributed by atoms with Crippen molar-refractivity contribution in [2.24, 2.45) is 0 Å². The van der Waals surface area contributed by atoms with Gasteiger partial charge < -0.3 is 14.2 Å². The molecule has 0 spiro atoms. The number of rotatable bonds is 5. The molecule has 0 bridgehead atoms. The number of aromatic hydroxyl groups is 1. The minimum Gasteiger partial charge on any atom is -0.508 e. The summed E-state index contributed by atoms with van der Waals surface area (Å²) >= 11 is 0. The quantitative estimate of drug-likeness (QED) is 0.370. The summed E-state index contributed by atoms with van der Waals surface area (Å²) in [4.78, 5) is 9.53. The molecule has 0 atom stereocenters.